The average molecular weight is 262 g/mol. The zero-order valence-electron chi connectivity index (χ0n) is 7.47. The van der Waals surface area contributed by atoms with Gasteiger partial charge in [0.25, 0.3) is 0 Å². The molecule has 0 aromatic heterocycles. The molecule has 1 aromatic rings. The Morgan fingerprint density at radius 1 is 1.54 bits per heavy atom. The molecule has 0 fully saturated rings. The van der Waals surface area contributed by atoms with Crippen LogP contribution in [0.25, 0.3) is 0 Å². The van der Waals surface area contributed by atoms with Crippen molar-refractivity contribution in [1.82, 2.24) is 0 Å². The van der Waals surface area contributed by atoms with E-state index >= 15 is 0 Å². The summed E-state index contributed by atoms with van der Waals surface area (Å²) in [7, 11) is 0. The molecule has 0 aliphatic heterocycles. The molecule has 70 valence electrons. The van der Waals surface area contributed by atoms with Crippen molar-refractivity contribution < 1.29 is 4.79 Å². The van der Waals surface area contributed by atoms with Crippen molar-refractivity contribution in [1.29, 1.82) is 0 Å². The van der Waals surface area contributed by atoms with Gasteiger partial charge in [-0.2, -0.15) is 0 Å². The smallest absolute Gasteiger partial charge is 0.152 e. The molecular formula is C10H10BrClO. The number of rotatable bonds is 2. The van der Waals surface area contributed by atoms with E-state index in [1.54, 1.807) is 0 Å². The molecule has 3 heteroatoms. The molecule has 1 rings (SSSR count). The molecule has 13 heavy (non-hydrogen) atoms. The van der Waals surface area contributed by atoms with E-state index in [0.29, 0.717) is 0 Å². The van der Waals surface area contributed by atoms with E-state index in [-0.39, 0.29) is 5.78 Å². The monoisotopic (exact) mass is 260 g/mol. The largest absolute Gasteiger partial charge is 0.298 e. The van der Waals surface area contributed by atoms with E-state index < -0.39 is 5.38 Å². The highest BCUT2D eigenvalue weighted by Crippen LogP contribution is 2.30. The molecule has 0 saturated carbocycles. The first kappa shape index (κ1) is 10.7. The van der Waals surface area contributed by atoms with E-state index in [1.165, 1.54) is 6.92 Å². The van der Waals surface area contributed by atoms with Crippen molar-refractivity contribution in [3.63, 3.8) is 0 Å². The minimum atomic E-state index is -0.547. The Labute approximate surface area is 91.2 Å². The molecule has 0 aliphatic carbocycles. The van der Waals surface area contributed by atoms with Crippen molar-refractivity contribution in [3.8, 4) is 0 Å². The van der Waals surface area contributed by atoms with Crippen molar-refractivity contribution in [3.05, 3.63) is 33.8 Å². The number of halogens is 2. The Morgan fingerprint density at radius 2 is 2.15 bits per heavy atom. The summed E-state index contributed by atoms with van der Waals surface area (Å²) in [6.07, 6.45) is 0. The van der Waals surface area contributed by atoms with Crippen LogP contribution in [0.4, 0.5) is 0 Å². The lowest BCUT2D eigenvalue weighted by Gasteiger charge is -2.09. The third-order valence-electron chi connectivity index (χ3n) is 1.85. The first-order chi connectivity index (χ1) is 6.04. The average Bonchev–Trinajstić information content (AvgIpc) is 2.08. The zero-order chi connectivity index (χ0) is 10.0. The van der Waals surface area contributed by atoms with E-state index in [9.17, 15) is 4.79 Å². The maximum absolute atomic E-state index is 11.1. The molecule has 0 aliphatic rings. The van der Waals surface area contributed by atoms with Gasteiger partial charge in [-0.05, 0) is 25.0 Å². The summed E-state index contributed by atoms with van der Waals surface area (Å²) in [5, 5.41) is -0.547. The molecule has 1 unspecified atom stereocenters. The number of carbonyl (C=O) groups excluding carboxylic acids is 1. The van der Waals surface area contributed by atoms with Gasteiger partial charge < -0.3 is 0 Å². The highest BCUT2D eigenvalue weighted by Gasteiger charge is 2.16. The molecule has 0 spiro atoms. The summed E-state index contributed by atoms with van der Waals surface area (Å²) >= 11 is 9.35. The third-order valence-corrected chi connectivity index (χ3v) is 3.48. The van der Waals surface area contributed by atoms with Gasteiger partial charge >= 0.3 is 0 Å². The predicted octanol–water partition coefficient (Wildman–Crippen LogP) is 3.63. The highest BCUT2D eigenvalue weighted by molar-refractivity contribution is 9.10. The first-order valence-electron chi connectivity index (χ1n) is 3.93. The molecule has 1 aromatic carbocycles. The van der Waals surface area contributed by atoms with Crippen LogP contribution in [0.5, 0.6) is 0 Å². The van der Waals surface area contributed by atoms with Gasteiger partial charge in [-0.3, -0.25) is 4.79 Å². The van der Waals surface area contributed by atoms with E-state index in [0.717, 1.165) is 15.6 Å². The number of ketones is 1. The van der Waals surface area contributed by atoms with Crippen molar-refractivity contribution in [2.24, 2.45) is 0 Å². The Bertz CT molecular complexity index is 336. The van der Waals surface area contributed by atoms with Crippen LogP contribution in [0.2, 0.25) is 0 Å². The molecule has 0 saturated heterocycles. The molecule has 0 heterocycles. The Hall–Kier alpha value is -0.340. The fourth-order valence-electron chi connectivity index (χ4n) is 1.08. The number of hydrogen-bond acceptors (Lipinski definition) is 1. The fourth-order valence-corrected chi connectivity index (χ4v) is 1.89. The maximum Gasteiger partial charge on any atom is 0.152 e. The zero-order valence-corrected chi connectivity index (χ0v) is 9.82. The Balaban J connectivity index is 3.15. The molecule has 0 radical (unpaired) electrons. The standard InChI is InChI=1S/C10H10BrClO/c1-6-4-3-5-8(9(6)11)10(12)7(2)13/h3-5,10H,1-2H3. The second-order valence-electron chi connectivity index (χ2n) is 2.95. The number of benzene rings is 1. The molecule has 0 bridgehead atoms. The summed E-state index contributed by atoms with van der Waals surface area (Å²) < 4.78 is 0.921. The van der Waals surface area contributed by atoms with Crippen LogP contribution in [-0.2, 0) is 4.79 Å². The minimum absolute atomic E-state index is 0.0343. The van der Waals surface area contributed by atoms with Gasteiger partial charge in [-0.15, -0.1) is 11.6 Å². The predicted molar refractivity (Wildman–Crippen MR) is 58.2 cm³/mol. The van der Waals surface area contributed by atoms with Crippen LogP contribution in [-0.4, -0.2) is 5.78 Å². The summed E-state index contributed by atoms with van der Waals surface area (Å²) in [6, 6.07) is 5.72. The van der Waals surface area contributed by atoms with Crippen LogP contribution in [0.15, 0.2) is 22.7 Å². The Morgan fingerprint density at radius 3 is 2.69 bits per heavy atom. The van der Waals surface area contributed by atoms with E-state index in [2.05, 4.69) is 15.9 Å². The number of carbonyl (C=O) groups is 1. The molecule has 0 amide bonds. The number of Topliss-reactive ketones (excluding diaryl/α,β-unsaturated/α-hetero) is 1. The molecular weight excluding hydrogens is 251 g/mol. The normalized spacial score (nSPS) is 12.6. The first-order valence-corrected chi connectivity index (χ1v) is 5.16. The topological polar surface area (TPSA) is 17.1 Å². The second kappa shape index (κ2) is 4.25. The molecule has 1 atom stereocenters. The summed E-state index contributed by atoms with van der Waals surface area (Å²) in [5.41, 5.74) is 1.93. The van der Waals surface area contributed by atoms with Crippen molar-refractivity contribution in [2.75, 3.05) is 0 Å². The number of aryl methyl sites for hydroxylation is 1. The van der Waals surface area contributed by atoms with Crippen molar-refractivity contribution in [2.45, 2.75) is 19.2 Å². The van der Waals surface area contributed by atoms with Crippen molar-refractivity contribution >= 4 is 33.3 Å². The van der Waals surface area contributed by atoms with Crippen LogP contribution in [0.3, 0.4) is 0 Å². The summed E-state index contributed by atoms with van der Waals surface area (Å²) in [5.74, 6) is -0.0343. The van der Waals surface area contributed by atoms with Crippen LogP contribution < -0.4 is 0 Å². The minimum Gasteiger partial charge on any atom is -0.298 e. The van der Waals surface area contributed by atoms with Gasteiger partial charge in [0.15, 0.2) is 5.78 Å². The molecule has 0 N–H and O–H groups in total. The summed E-state index contributed by atoms with van der Waals surface area (Å²) in [6.45, 7) is 3.46. The SMILES string of the molecule is CC(=O)C(Cl)c1cccc(C)c1Br. The lowest BCUT2D eigenvalue weighted by Crippen LogP contribution is -2.02. The van der Waals surface area contributed by atoms with Crippen LogP contribution in [0, 0.1) is 6.92 Å². The van der Waals surface area contributed by atoms with Gasteiger partial charge in [0.2, 0.25) is 0 Å². The maximum atomic E-state index is 11.1. The number of alkyl halides is 1. The molecule has 1 nitrogen and oxygen atoms in total. The van der Waals surface area contributed by atoms with Gasteiger partial charge in [0.1, 0.15) is 5.38 Å². The quantitative estimate of drug-likeness (QED) is 0.743. The number of hydrogen-bond donors (Lipinski definition) is 0. The lowest BCUT2D eigenvalue weighted by molar-refractivity contribution is -0.116. The summed E-state index contributed by atoms with van der Waals surface area (Å²) in [4.78, 5) is 11.1. The fraction of sp³-hybridized carbons (Fsp3) is 0.300. The van der Waals surface area contributed by atoms with Crippen LogP contribution >= 0.6 is 27.5 Å². The second-order valence-corrected chi connectivity index (χ2v) is 4.18. The van der Waals surface area contributed by atoms with Gasteiger partial charge in [0.05, 0.1) is 0 Å². The van der Waals surface area contributed by atoms with Gasteiger partial charge in [-0.25, -0.2) is 0 Å². The van der Waals surface area contributed by atoms with Crippen LogP contribution in [0.1, 0.15) is 23.4 Å². The van der Waals surface area contributed by atoms with Gasteiger partial charge in [-0.1, -0.05) is 34.1 Å². The lowest BCUT2D eigenvalue weighted by atomic mass is 10.1. The highest BCUT2D eigenvalue weighted by atomic mass is 79.9. The third kappa shape index (κ3) is 2.32. The van der Waals surface area contributed by atoms with Gasteiger partial charge in [0, 0.05) is 4.47 Å². The van der Waals surface area contributed by atoms with E-state index in [4.69, 9.17) is 11.6 Å². The van der Waals surface area contributed by atoms with E-state index in [1.807, 2.05) is 25.1 Å². The Kier molecular flexibility index (Phi) is 3.51.